The highest BCUT2D eigenvalue weighted by atomic mass is 19.1. The zero-order chi connectivity index (χ0) is 19.1. The minimum atomic E-state index is -0.354. The van der Waals surface area contributed by atoms with Gasteiger partial charge in [0.25, 0.3) is 5.91 Å². The topological polar surface area (TPSA) is 62.3 Å². The van der Waals surface area contributed by atoms with Crippen molar-refractivity contribution in [3.63, 3.8) is 0 Å². The summed E-state index contributed by atoms with van der Waals surface area (Å²) in [6.07, 6.45) is 7.72. The number of amides is 2. The van der Waals surface area contributed by atoms with Gasteiger partial charge in [-0.1, -0.05) is 18.2 Å². The molecule has 0 saturated carbocycles. The van der Waals surface area contributed by atoms with E-state index < -0.39 is 0 Å². The highest BCUT2D eigenvalue weighted by Crippen LogP contribution is 2.18. The lowest BCUT2D eigenvalue weighted by molar-refractivity contribution is -0.116. The summed E-state index contributed by atoms with van der Waals surface area (Å²) in [5, 5.41) is 2.86. The van der Waals surface area contributed by atoms with Crippen molar-refractivity contribution in [1.82, 2.24) is 15.2 Å². The number of nitrogens with zero attached hydrogens (tertiary/aromatic N) is 2. The molecule has 27 heavy (non-hydrogen) atoms. The Bertz CT molecular complexity index is 815. The van der Waals surface area contributed by atoms with Crippen LogP contribution in [0.15, 0.2) is 54.9 Å². The summed E-state index contributed by atoms with van der Waals surface area (Å²) >= 11 is 0. The number of halogens is 1. The molecule has 1 aromatic heterocycles. The molecule has 2 aromatic rings. The summed E-state index contributed by atoms with van der Waals surface area (Å²) < 4.78 is 13.5. The molecule has 2 heterocycles. The number of nitrogens with one attached hydrogen (secondary N) is 1. The lowest BCUT2D eigenvalue weighted by Crippen LogP contribution is -2.41. The van der Waals surface area contributed by atoms with Crippen LogP contribution in [0.3, 0.4) is 0 Å². The van der Waals surface area contributed by atoms with Crippen LogP contribution in [0.4, 0.5) is 4.39 Å². The third-order valence-electron chi connectivity index (χ3n) is 4.69. The molecular formula is C21H22FN3O2. The summed E-state index contributed by atoms with van der Waals surface area (Å²) in [5.41, 5.74) is 0.984. The molecule has 0 bridgehead atoms. The predicted molar refractivity (Wildman–Crippen MR) is 101 cm³/mol. The summed E-state index contributed by atoms with van der Waals surface area (Å²) in [6.45, 7) is 1.88. The molecule has 3 rings (SSSR count). The first-order valence-electron chi connectivity index (χ1n) is 9.03. The fourth-order valence-electron chi connectivity index (χ4n) is 3.09. The van der Waals surface area contributed by atoms with Gasteiger partial charge in [-0.25, -0.2) is 4.39 Å². The quantitative estimate of drug-likeness (QED) is 0.827. The van der Waals surface area contributed by atoms with E-state index in [0.717, 1.165) is 12.8 Å². The van der Waals surface area contributed by atoms with Crippen molar-refractivity contribution in [1.29, 1.82) is 0 Å². The van der Waals surface area contributed by atoms with E-state index in [0.29, 0.717) is 36.7 Å². The number of likely N-dealkylation sites (tertiary alicyclic amines) is 1. The number of hydrogen-bond acceptors (Lipinski definition) is 3. The van der Waals surface area contributed by atoms with Crippen molar-refractivity contribution in [2.24, 2.45) is 5.92 Å². The molecule has 1 N–H and O–H groups in total. The normalized spacial score (nSPS) is 15.1. The summed E-state index contributed by atoms with van der Waals surface area (Å²) in [5.74, 6) is -0.272. The van der Waals surface area contributed by atoms with E-state index in [2.05, 4.69) is 10.3 Å². The monoisotopic (exact) mass is 367 g/mol. The van der Waals surface area contributed by atoms with Gasteiger partial charge in [-0.05, 0) is 43.0 Å². The number of carbonyl (C=O) groups is 2. The first kappa shape index (κ1) is 18.8. The van der Waals surface area contributed by atoms with Gasteiger partial charge in [0.15, 0.2) is 0 Å². The SMILES string of the molecule is O=C(/C=C/c1ccccc1F)NCC1CCN(C(=O)c2cccnc2)CC1. The molecule has 0 unspecified atom stereocenters. The molecule has 0 spiro atoms. The largest absolute Gasteiger partial charge is 0.352 e. The van der Waals surface area contributed by atoms with Gasteiger partial charge in [-0.2, -0.15) is 0 Å². The average Bonchev–Trinajstić information content (AvgIpc) is 2.72. The van der Waals surface area contributed by atoms with Gasteiger partial charge in [-0.3, -0.25) is 14.6 Å². The second-order valence-electron chi connectivity index (χ2n) is 6.58. The first-order valence-corrected chi connectivity index (χ1v) is 9.03. The summed E-state index contributed by atoms with van der Waals surface area (Å²) in [6, 6.07) is 9.83. The van der Waals surface area contributed by atoms with Crippen LogP contribution < -0.4 is 5.32 Å². The smallest absolute Gasteiger partial charge is 0.255 e. The number of aromatic nitrogens is 1. The Labute approximate surface area is 157 Å². The van der Waals surface area contributed by atoms with Crippen molar-refractivity contribution in [3.05, 3.63) is 71.8 Å². The van der Waals surface area contributed by atoms with E-state index in [1.165, 1.54) is 18.2 Å². The Morgan fingerprint density at radius 2 is 1.96 bits per heavy atom. The molecule has 0 aliphatic carbocycles. The van der Waals surface area contributed by atoms with Crippen LogP contribution in [-0.2, 0) is 4.79 Å². The lowest BCUT2D eigenvalue weighted by Gasteiger charge is -2.32. The van der Waals surface area contributed by atoms with E-state index in [1.54, 1.807) is 42.7 Å². The number of carbonyl (C=O) groups excluding carboxylic acids is 2. The van der Waals surface area contributed by atoms with Gasteiger partial charge in [0.2, 0.25) is 5.91 Å². The highest BCUT2D eigenvalue weighted by molar-refractivity contribution is 5.94. The molecule has 5 nitrogen and oxygen atoms in total. The van der Waals surface area contributed by atoms with Crippen molar-refractivity contribution in [3.8, 4) is 0 Å². The number of rotatable bonds is 5. The zero-order valence-corrected chi connectivity index (χ0v) is 15.0. The van der Waals surface area contributed by atoms with Gasteiger partial charge in [0.1, 0.15) is 5.82 Å². The van der Waals surface area contributed by atoms with Crippen LogP contribution in [0.5, 0.6) is 0 Å². The molecule has 140 valence electrons. The fourth-order valence-corrected chi connectivity index (χ4v) is 3.09. The van der Waals surface area contributed by atoms with Crippen LogP contribution in [-0.4, -0.2) is 41.3 Å². The van der Waals surface area contributed by atoms with Gasteiger partial charge in [0, 0.05) is 43.7 Å². The maximum absolute atomic E-state index is 13.5. The molecule has 6 heteroatoms. The molecule has 1 fully saturated rings. The van der Waals surface area contributed by atoms with E-state index in [4.69, 9.17) is 0 Å². The Hall–Kier alpha value is -3.02. The standard InChI is InChI=1S/C21H22FN3O2/c22-19-6-2-1-4-17(19)7-8-20(26)24-14-16-9-12-25(13-10-16)21(27)18-5-3-11-23-15-18/h1-8,11,15-16H,9-10,12-14H2,(H,24,26)/b8-7+. The molecular weight excluding hydrogens is 345 g/mol. The van der Waals surface area contributed by atoms with Gasteiger partial charge >= 0.3 is 0 Å². The Morgan fingerprint density at radius 3 is 2.67 bits per heavy atom. The molecule has 1 aliphatic rings. The molecule has 1 saturated heterocycles. The first-order chi connectivity index (χ1) is 13.1. The predicted octanol–water partition coefficient (Wildman–Crippen LogP) is 2.90. The lowest BCUT2D eigenvalue weighted by atomic mass is 9.96. The second kappa shape index (κ2) is 9.07. The minimum Gasteiger partial charge on any atom is -0.352 e. The van der Waals surface area contributed by atoms with Gasteiger partial charge in [-0.15, -0.1) is 0 Å². The van der Waals surface area contributed by atoms with E-state index >= 15 is 0 Å². The van der Waals surface area contributed by atoms with Crippen LogP contribution in [0, 0.1) is 11.7 Å². The highest BCUT2D eigenvalue weighted by Gasteiger charge is 2.23. The van der Waals surface area contributed by atoms with Crippen molar-refractivity contribution < 1.29 is 14.0 Å². The van der Waals surface area contributed by atoms with Crippen LogP contribution in [0.25, 0.3) is 6.08 Å². The Balaban J connectivity index is 1.42. The van der Waals surface area contributed by atoms with E-state index in [1.807, 2.05) is 4.90 Å². The van der Waals surface area contributed by atoms with Crippen molar-refractivity contribution in [2.75, 3.05) is 19.6 Å². The molecule has 0 radical (unpaired) electrons. The van der Waals surface area contributed by atoms with Gasteiger partial charge in [0.05, 0.1) is 5.56 Å². The van der Waals surface area contributed by atoms with E-state index in [9.17, 15) is 14.0 Å². The summed E-state index contributed by atoms with van der Waals surface area (Å²) in [7, 11) is 0. The number of pyridine rings is 1. The number of hydrogen-bond donors (Lipinski definition) is 1. The Morgan fingerprint density at radius 1 is 1.19 bits per heavy atom. The maximum Gasteiger partial charge on any atom is 0.255 e. The second-order valence-corrected chi connectivity index (χ2v) is 6.58. The number of piperidine rings is 1. The maximum atomic E-state index is 13.5. The fraction of sp³-hybridized carbons (Fsp3) is 0.286. The van der Waals surface area contributed by atoms with E-state index in [-0.39, 0.29) is 17.6 Å². The third-order valence-corrected chi connectivity index (χ3v) is 4.69. The van der Waals surface area contributed by atoms with Crippen molar-refractivity contribution in [2.45, 2.75) is 12.8 Å². The summed E-state index contributed by atoms with van der Waals surface area (Å²) in [4.78, 5) is 30.1. The van der Waals surface area contributed by atoms with Crippen LogP contribution in [0.2, 0.25) is 0 Å². The van der Waals surface area contributed by atoms with Crippen molar-refractivity contribution >= 4 is 17.9 Å². The zero-order valence-electron chi connectivity index (χ0n) is 15.0. The third kappa shape index (κ3) is 5.23. The van der Waals surface area contributed by atoms with Gasteiger partial charge < -0.3 is 10.2 Å². The van der Waals surface area contributed by atoms with Crippen LogP contribution >= 0.6 is 0 Å². The Kier molecular flexibility index (Phi) is 6.30. The molecule has 2 amide bonds. The molecule has 1 aliphatic heterocycles. The molecule has 1 aromatic carbocycles. The number of benzene rings is 1. The average molecular weight is 367 g/mol. The molecule has 0 atom stereocenters. The minimum absolute atomic E-state index is 0.00148. The van der Waals surface area contributed by atoms with Crippen LogP contribution in [0.1, 0.15) is 28.8 Å².